The lowest BCUT2D eigenvalue weighted by atomic mass is 10.1. The molecule has 4 rings (SSSR count). The van der Waals surface area contributed by atoms with Gasteiger partial charge in [-0.3, -0.25) is 4.79 Å². The maximum Gasteiger partial charge on any atom is 0.281 e. The third kappa shape index (κ3) is 4.68. The Morgan fingerprint density at radius 3 is 2.62 bits per heavy atom. The molecule has 1 aromatic heterocycles. The molecule has 0 radical (unpaired) electrons. The number of aromatic nitrogens is 1. The Kier molecular flexibility index (Phi) is 6.28. The van der Waals surface area contributed by atoms with Crippen molar-refractivity contribution in [1.29, 1.82) is 0 Å². The van der Waals surface area contributed by atoms with E-state index >= 15 is 0 Å². The molecule has 162 valence electrons. The number of thiazole rings is 1. The molecule has 0 unspecified atom stereocenters. The average molecular weight is 448 g/mol. The molecular formula is C25H22FN3O2S. The van der Waals surface area contributed by atoms with E-state index in [9.17, 15) is 9.18 Å². The lowest BCUT2D eigenvalue weighted by Gasteiger charge is -2.15. The largest absolute Gasteiger partial charge is 0.494 e. The minimum Gasteiger partial charge on any atom is -0.494 e. The highest BCUT2D eigenvalue weighted by Crippen LogP contribution is 2.31. The molecule has 1 amide bonds. The summed E-state index contributed by atoms with van der Waals surface area (Å²) in [7, 11) is 0. The molecule has 0 aliphatic rings. The Bertz CT molecular complexity index is 1300. The van der Waals surface area contributed by atoms with Gasteiger partial charge in [0.15, 0.2) is 0 Å². The van der Waals surface area contributed by atoms with Crippen LogP contribution in [0.25, 0.3) is 10.2 Å². The summed E-state index contributed by atoms with van der Waals surface area (Å²) in [4.78, 5) is 18.0. The molecular weight excluding hydrogens is 425 g/mol. The van der Waals surface area contributed by atoms with Crippen LogP contribution < -0.4 is 9.75 Å². The Hall–Kier alpha value is -3.58. The Morgan fingerprint density at radius 2 is 1.91 bits per heavy atom. The molecule has 5 nitrogen and oxygen atoms in total. The van der Waals surface area contributed by atoms with Gasteiger partial charge in [-0.2, -0.15) is 10.1 Å². The van der Waals surface area contributed by atoms with Crippen molar-refractivity contribution < 1.29 is 13.9 Å². The van der Waals surface area contributed by atoms with Gasteiger partial charge in [-0.1, -0.05) is 29.0 Å². The molecule has 0 N–H and O–H groups in total. The summed E-state index contributed by atoms with van der Waals surface area (Å²) in [5.74, 6) is 0.114. The quantitative estimate of drug-likeness (QED) is 0.264. The standard InChI is InChI=1S/C25H22FN3O2S/c1-4-31-20-9-6-18(7-10-20)15-27-29(24(30)21-11-5-16(2)13-17(21)3)25-28-22-12-8-19(26)14-23(22)32-25/h5-15H,4H2,1-3H3/b27-15+. The molecule has 0 saturated heterocycles. The van der Waals surface area contributed by atoms with Crippen LogP contribution in [0.5, 0.6) is 5.75 Å². The van der Waals surface area contributed by atoms with Crippen LogP contribution in [0.1, 0.15) is 34.0 Å². The van der Waals surface area contributed by atoms with Crippen molar-refractivity contribution in [3.05, 3.63) is 88.7 Å². The summed E-state index contributed by atoms with van der Waals surface area (Å²) >= 11 is 1.22. The van der Waals surface area contributed by atoms with Crippen LogP contribution in [-0.4, -0.2) is 23.7 Å². The van der Waals surface area contributed by atoms with Gasteiger partial charge in [0, 0.05) is 5.56 Å². The van der Waals surface area contributed by atoms with Gasteiger partial charge in [0.25, 0.3) is 5.91 Å². The van der Waals surface area contributed by atoms with Crippen molar-refractivity contribution in [3.8, 4) is 5.75 Å². The Balaban J connectivity index is 1.73. The molecule has 0 bridgehead atoms. The minimum atomic E-state index is -0.349. The second-order valence-electron chi connectivity index (χ2n) is 7.29. The maximum atomic E-state index is 13.7. The third-order valence-corrected chi connectivity index (χ3v) is 5.83. The summed E-state index contributed by atoms with van der Waals surface area (Å²) in [6, 6.07) is 17.4. The highest BCUT2D eigenvalue weighted by molar-refractivity contribution is 7.22. The molecule has 0 atom stereocenters. The predicted octanol–water partition coefficient (Wildman–Crippen LogP) is 6.13. The first-order valence-electron chi connectivity index (χ1n) is 10.2. The number of hydrazone groups is 1. The summed E-state index contributed by atoms with van der Waals surface area (Å²) in [5, 5.41) is 6.12. The van der Waals surface area contributed by atoms with Gasteiger partial charge in [-0.15, -0.1) is 0 Å². The molecule has 0 saturated carbocycles. The number of anilines is 1. The molecule has 0 aliphatic carbocycles. The van der Waals surface area contributed by atoms with Gasteiger partial charge in [0.1, 0.15) is 11.6 Å². The number of benzene rings is 3. The SMILES string of the molecule is CCOc1ccc(/C=N/N(C(=O)c2ccc(C)cc2C)c2nc3ccc(F)cc3s2)cc1. The van der Waals surface area contributed by atoms with Crippen molar-refractivity contribution in [2.75, 3.05) is 11.6 Å². The fraction of sp³-hybridized carbons (Fsp3) is 0.160. The second-order valence-corrected chi connectivity index (χ2v) is 8.30. The number of hydrogen-bond donors (Lipinski definition) is 0. The first-order valence-corrected chi connectivity index (χ1v) is 11.0. The maximum absolute atomic E-state index is 13.7. The van der Waals surface area contributed by atoms with Gasteiger partial charge in [-0.05, 0) is 80.4 Å². The van der Waals surface area contributed by atoms with E-state index in [1.165, 1.54) is 28.5 Å². The number of carbonyl (C=O) groups is 1. The van der Waals surface area contributed by atoms with Crippen LogP contribution >= 0.6 is 11.3 Å². The Labute approximate surface area is 189 Å². The number of fused-ring (bicyclic) bond motifs is 1. The molecule has 1 heterocycles. The van der Waals surface area contributed by atoms with Crippen LogP contribution in [-0.2, 0) is 0 Å². The molecule has 3 aromatic carbocycles. The highest BCUT2D eigenvalue weighted by atomic mass is 32.1. The predicted molar refractivity (Wildman–Crippen MR) is 128 cm³/mol. The summed E-state index contributed by atoms with van der Waals surface area (Å²) in [6.07, 6.45) is 1.60. The lowest BCUT2D eigenvalue weighted by molar-refractivity contribution is 0.0987. The molecule has 0 fully saturated rings. The first-order chi connectivity index (χ1) is 15.4. The van der Waals surface area contributed by atoms with E-state index in [0.717, 1.165) is 22.4 Å². The first kappa shape index (κ1) is 21.6. The molecule has 32 heavy (non-hydrogen) atoms. The van der Waals surface area contributed by atoms with Gasteiger partial charge in [0.05, 0.1) is 23.0 Å². The van der Waals surface area contributed by atoms with E-state index < -0.39 is 0 Å². The van der Waals surface area contributed by atoms with Crippen molar-refractivity contribution >= 4 is 38.8 Å². The van der Waals surface area contributed by atoms with E-state index in [1.54, 1.807) is 18.3 Å². The molecule has 7 heteroatoms. The topological polar surface area (TPSA) is 54.8 Å². The number of aryl methyl sites for hydroxylation is 2. The normalized spacial score (nSPS) is 11.2. The number of hydrogen-bond acceptors (Lipinski definition) is 5. The van der Waals surface area contributed by atoms with E-state index in [1.807, 2.05) is 57.2 Å². The molecule has 0 aliphatic heterocycles. The van der Waals surface area contributed by atoms with Crippen molar-refractivity contribution in [3.63, 3.8) is 0 Å². The van der Waals surface area contributed by atoms with Crippen LogP contribution in [0.4, 0.5) is 9.52 Å². The second kappa shape index (κ2) is 9.28. The van der Waals surface area contributed by atoms with E-state index in [-0.39, 0.29) is 11.7 Å². The van der Waals surface area contributed by atoms with Gasteiger partial charge in [-0.25, -0.2) is 9.37 Å². The van der Waals surface area contributed by atoms with Crippen LogP contribution in [0, 0.1) is 19.7 Å². The van der Waals surface area contributed by atoms with Gasteiger partial charge < -0.3 is 4.74 Å². The number of nitrogens with zero attached hydrogens (tertiary/aromatic N) is 3. The van der Waals surface area contributed by atoms with E-state index in [2.05, 4.69) is 10.1 Å². The zero-order valence-corrected chi connectivity index (χ0v) is 18.8. The van der Waals surface area contributed by atoms with Gasteiger partial charge >= 0.3 is 0 Å². The zero-order valence-electron chi connectivity index (χ0n) is 18.0. The number of carbonyl (C=O) groups excluding carboxylic acids is 1. The summed E-state index contributed by atoms with van der Waals surface area (Å²) in [6.45, 7) is 6.38. The lowest BCUT2D eigenvalue weighted by Crippen LogP contribution is -2.26. The summed E-state index contributed by atoms with van der Waals surface area (Å²) < 4.78 is 19.8. The summed E-state index contributed by atoms with van der Waals surface area (Å²) in [5.41, 5.74) is 3.87. The van der Waals surface area contributed by atoms with Crippen molar-refractivity contribution in [1.82, 2.24) is 4.98 Å². The highest BCUT2D eigenvalue weighted by Gasteiger charge is 2.22. The fourth-order valence-corrected chi connectivity index (χ4v) is 4.22. The molecule has 4 aromatic rings. The van der Waals surface area contributed by atoms with Crippen molar-refractivity contribution in [2.45, 2.75) is 20.8 Å². The number of rotatable bonds is 6. The smallest absolute Gasteiger partial charge is 0.281 e. The fourth-order valence-electron chi connectivity index (χ4n) is 3.27. The van der Waals surface area contributed by atoms with Crippen LogP contribution in [0.3, 0.4) is 0 Å². The number of halogens is 1. The zero-order chi connectivity index (χ0) is 22.7. The molecule has 0 spiro atoms. The monoisotopic (exact) mass is 447 g/mol. The minimum absolute atomic E-state index is 0.302. The average Bonchev–Trinajstić information content (AvgIpc) is 3.18. The Morgan fingerprint density at radius 1 is 1.12 bits per heavy atom. The van der Waals surface area contributed by atoms with Gasteiger partial charge in [0.2, 0.25) is 5.13 Å². The van der Waals surface area contributed by atoms with E-state index in [0.29, 0.717) is 27.5 Å². The van der Waals surface area contributed by atoms with Crippen molar-refractivity contribution in [2.24, 2.45) is 5.10 Å². The third-order valence-electron chi connectivity index (χ3n) is 4.84. The number of amides is 1. The van der Waals surface area contributed by atoms with Crippen LogP contribution in [0.2, 0.25) is 0 Å². The number of ether oxygens (including phenoxy) is 1. The van der Waals surface area contributed by atoms with Crippen LogP contribution in [0.15, 0.2) is 65.8 Å². The van der Waals surface area contributed by atoms with E-state index in [4.69, 9.17) is 4.74 Å².